The normalized spacial score (nSPS) is 15.6. The van der Waals surface area contributed by atoms with E-state index in [9.17, 15) is 19.2 Å². The minimum Gasteiger partial charge on any atom is -0.466 e. The van der Waals surface area contributed by atoms with Crippen molar-refractivity contribution in [3.05, 3.63) is 92.3 Å². The molecule has 3 aromatic rings. The van der Waals surface area contributed by atoms with Crippen molar-refractivity contribution in [2.75, 3.05) is 19.7 Å². The smallest absolute Gasteiger partial charge is 0.352 e. The molecule has 1 aliphatic heterocycles. The van der Waals surface area contributed by atoms with E-state index in [1.807, 2.05) is 37.3 Å². The molecule has 1 saturated heterocycles. The molecular weight excluding hydrogens is 448 g/mol. The average molecular weight is 477 g/mol. The number of benzene rings is 2. The van der Waals surface area contributed by atoms with E-state index in [0.717, 1.165) is 20.4 Å². The monoisotopic (exact) mass is 476 g/mol. The molecule has 0 aliphatic carbocycles. The van der Waals surface area contributed by atoms with Gasteiger partial charge in [-0.3, -0.25) is 19.0 Å². The highest BCUT2D eigenvalue weighted by atomic mass is 16.5. The molecule has 9 heteroatoms. The molecule has 182 valence electrons. The molecule has 1 aliphatic rings. The Bertz CT molecular complexity index is 1330. The first-order valence-electron chi connectivity index (χ1n) is 11.7. The van der Waals surface area contributed by atoms with Crippen LogP contribution < -0.4 is 11.2 Å². The molecule has 0 saturated carbocycles. The number of carbonyl (C=O) groups excluding carboxylic acids is 2. The highest BCUT2D eigenvalue weighted by Gasteiger charge is 2.32. The zero-order valence-electron chi connectivity index (χ0n) is 19.8. The van der Waals surface area contributed by atoms with Crippen molar-refractivity contribution in [1.82, 2.24) is 19.2 Å². The summed E-state index contributed by atoms with van der Waals surface area (Å²) in [7, 11) is 0. The number of rotatable bonds is 6. The van der Waals surface area contributed by atoms with Crippen LogP contribution in [0, 0.1) is 12.8 Å². The summed E-state index contributed by atoms with van der Waals surface area (Å²) in [5.74, 6) is -1.42. The lowest BCUT2D eigenvalue weighted by Gasteiger charge is -2.31. The van der Waals surface area contributed by atoms with Crippen LogP contribution in [0.25, 0.3) is 5.69 Å². The maximum atomic E-state index is 13.5. The van der Waals surface area contributed by atoms with Gasteiger partial charge in [-0.15, -0.1) is 0 Å². The van der Waals surface area contributed by atoms with Crippen LogP contribution in [0.3, 0.4) is 0 Å². The van der Waals surface area contributed by atoms with E-state index in [0.29, 0.717) is 25.1 Å². The quantitative estimate of drug-likeness (QED) is 0.505. The first-order chi connectivity index (χ1) is 16.9. The zero-order chi connectivity index (χ0) is 24.9. The number of likely N-dealkylation sites (tertiary alicyclic amines) is 1. The van der Waals surface area contributed by atoms with Crippen LogP contribution in [0.15, 0.2) is 64.2 Å². The fourth-order valence-electron chi connectivity index (χ4n) is 4.17. The third-order valence-electron chi connectivity index (χ3n) is 6.05. The predicted molar refractivity (Wildman–Crippen MR) is 130 cm³/mol. The van der Waals surface area contributed by atoms with Crippen molar-refractivity contribution < 1.29 is 14.3 Å². The summed E-state index contributed by atoms with van der Waals surface area (Å²) in [4.78, 5) is 53.9. The lowest BCUT2D eigenvalue weighted by atomic mass is 9.98. The van der Waals surface area contributed by atoms with Gasteiger partial charge in [-0.05, 0) is 44.4 Å². The van der Waals surface area contributed by atoms with E-state index in [2.05, 4.69) is 5.10 Å². The van der Waals surface area contributed by atoms with Crippen LogP contribution in [0.5, 0.6) is 0 Å². The fourth-order valence-corrected chi connectivity index (χ4v) is 4.17. The van der Waals surface area contributed by atoms with E-state index in [-0.39, 0.29) is 31.4 Å². The molecule has 2 aromatic carbocycles. The molecule has 1 amide bonds. The Morgan fingerprint density at radius 3 is 2.46 bits per heavy atom. The van der Waals surface area contributed by atoms with E-state index >= 15 is 0 Å². The number of piperidine rings is 1. The number of ether oxygens (including phenoxy) is 1. The molecule has 1 aromatic heterocycles. The van der Waals surface area contributed by atoms with Gasteiger partial charge in [0.2, 0.25) is 5.69 Å². The molecule has 0 bridgehead atoms. The Morgan fingerprint density at radius 1 is 1.06 bits per heavy atom. The predicted octanol–water partition coefficient (Wildman–Crippen LogP) is 2.17. The lowest BCUT2D eigenvalue weighted by molar-refractivity contribution is -0.149. The van der Waals surface area contributed by atoms with E-state index in [1.54, 1.807) is 31.2 Å². The summed E-state index contributed by atoms with van der Waals surface area (Å²) in [5, 5.41) is 4.22. The van der Waals surface area contributed by atoms with Gasteiger partial charge in [0.15, 0.2) is 0 Å². The number of amides is 1. The number of hydrogen-bond acceptors (Lipinski definition) is 6. The number of aryl methyl sites for hydroxylation is 1. The van der Waals surface area contributed by atoms with Crippen LogP contribution in [0.1, 0.15) is 41.4 Å². The molecule has 1 atom stereocenters. The number of esters is 1. The Hall–Kier alpha value is -4.01. The van der Waals surface area contributed by atoms with Crippen molar-refractivity contribution >= 4 is 11.9 Å². The molecule has 0 N–H and O–H groups in total. The van der Waals surface area contributed by atoms with Gasteiger partial charge >= 0.3 is 11.7 Å². The largest absolute Gasteiger partial charge is 0.466 e. The molecule has 4 rings (SSSR count). The second kappa shape index (κ2) is 10.5. The minimum atomic E-state index is -0.759. The third kappa shape index (κ3) is 5.24. The van der Waals surface area contributed by atoms with Crippen LogP contribution >= 0.6 is 0 Å². The fraction of sp³-hybridized carbons (Fsp3) is 0.346. The first-order valence-corrected chi connectivity index (χ1v) is 11.7. The zero-order valence-corrected chi connectivity index (χ0v) is 19.8. The number of hydrogen-bond donors (Lipinski definition) is 0. The number of aromatic nitrogens is 3. The van der Waals surface area contributed by atoms with E-state index in [4.69, 9.17) is 4.74 Å². The van der Waals surface area contributed by atoms with Crippen LogP contribution in [-0.2, 0) is 16.1 Å². The maximum Gasteiger partial charge on any atom is 0.352 e. The van der Waals surface area contributed by atoms with Gasteiger partial charge in [0.05, 0.1) is 24.8 Å². The standard InChI is InChI=1S/C26H28N4O5/c1-3-35-25(33)20-10-7-15-28(17-20)23(31)22-24(32)29(16-19-8-5-4-6-9-19)26(34)30(27-22)21-13-11-18(2)12-14-21/h4-6,8-9,11-14,20H,3,7,10,15-17H2,1-2H3/t20-/m0/s1. The van der Waals surface area contributed by atoms with Gasteiger partial charge in [0.25, 0.3) is 11.5 Å². The number of nitrogens with zero attached hydrogens (tertiary/aromatic N) is 4. The summed E-state index contributed by atoms with van der Waals surface area (Å²) in [5.41, 5.74) is 0.430. The van der Waals surface area contributed by atoms with Crippen LogP contribution in [0.4, 0.5) is 0 Å². The topological polar surface area (TPSA) is 104 Å². The summed E-state index contributed by atoms with van der Waals surface area (Å²) < 4.78 is 7.24. The maximum absolute atomic E-state index is 13.5. The summed E-state index contributed by atoms with van der Waals surface area (Å²) >= 11 is 0. The molecule has 35 heavy (non-hydrogen) atoms. The molecule has 0 radical (unpaired) electrons. The molecule has 2 heterocycles. The van der Waals surface area contributed by atoms with Crippen molar-refractivity contribution in [3.8, 4) is 5.69 Å². The van der Waals surface area contributed by atoms with Gasteiger partial charge in [-0.2, -0.15) is 9.78 Å². The molecule has 1 fully saturated rings. The molecule has 0 spiro atoms. The average Bonchev–Trinajstić information content (AvgIpc) is 2.88. The highest BCUT2D eigenvalue weighted by molar-refractivity contribution is 5.92. The van der Waals surface area contributed by atoms with Gasteiger partial charge in [-0.1, -0.05) is 48.0 Å². The van der Waals surface area contributed by atoms with E-state index < -0.39 is 23.1 Å². The van der Waals surface area contributed by atoms with E-state index in [1.165, 1.54) is 4.90 Å². The molecule has 9 nitrogen and oxygen atoms in total. The van der Waals surface area contributed by atoms with Gasteiger partial charge in [0.1, 0.15) is 0 Å². The van der Waals surface area contributed by atoms with Crippen molar-refractivity contribution in [2.24, 2.45) is 5.92 Å². The van der Waals surface area contributed by atoms with Crippen molar-refractivity contribution in [1.29, 1.82) is 0 Å². The van der Waals surface area contributed by atoms with Gasteiger partial charge in [0, 0.05) is 13.1 Å². The highest BCUT2D eigenvalue weighted by Crippen LogP contribution is 2.19. The lowest BCUT2D eigenvalue weighted by Crippen LogP contribution is -2.49. The Labute approximate surface area is 202 Å². The van der Waals surface area contributed by atoms with Crippen LogP contribution in [-0.4, -0.2) is 50.8 Å². The number of carbonyl (C=O) groups is 2. The first kappa shape index (κ1) is 24.1. The van der Waals surface area contributed by atoms with Crippen molar-refractivity contribution in [3.63, 3.8) is 0 Å². The van der Waals surface area contributed by atoms with Gasteiger partial charge < -0.3 is 9.64 Å². The second-order valence-electron chi connectivity index (χ2n) is 8.60. The third-order valence-corrected chi connectivity index (χ3v) is 6.05. The molecule has 0 unspecified atom stereocenters. The Kier molecular flexibility index (Phi) is 7.24. The second-order valence-corrected chi connectivity index (χ2v) is 8.60. The Morgan fingerprint density at radius 2 is 1.77 bits per heavy atom. The molecular formula is C26H28N4O5. The van der Waals surface area contributed by atoms with Crippen molar-refractivity contribution in [2.45, 2.75) is 33.2 Å². The SMILES string of the molecule is CCOC(=O)[C@H]1CCCN(C(=O)c2nn(-c3ccc(C)cc3)c(=O)n(Cc3ccccc3)c2=O)C1. The summed E-state index contributed by atoms with van der Waals surface area (Å²) in [6.45, 7) is 4.44. The summed E-state index contributed by atoms with van der Waals surface area (Å²) in [6.07, 6.45) is 1.21. The minimum absolute atomic E-state index is 0.00137. The van der Waals surface area contributed by atoms with Crippen LogP contribution in [0.2, 0.25) is 0 Å². The van der Waals surface area contributed by atoms with Gasteiger partial charge in [-0.25, -0.2) is 4.79 Å². The Balaban J connectivity index is 1.77. The summed E-state index contributed by atoms with van der Waals surface area (Å²) in [6, 6.07) is 16.2.